The Kier molecular flexibility index (Phi) is 50.0. The van der Waals surface area contributed by atoms with Crippen molar-refractivity contribution in [2.24, 2.45) is 0 Å². The highest BCUT2D eigenvalue weighted by Gasteiger charge is 2.28. The summed E-state index contributed by atoms with van der Waals surface area (Å²) >= 11 is 0. The highest BCUT2D eigenvalue weighted by molar-refractivity contribution is 7.47. The Balaban J connectivity index is 3.83. The zero-order chi connectivity index (χ0) is 51.3. The van der Waals surface area contributed by atoms with Gasteiger partial charge in [0.25, 0.3) is 0 Å². The van der Waals surface area contributed by atoms with E-state index in [-0.39, 0.29) is 12.8 Å². The van der Waals surface area contributed by atoms with Gasteiger partial charge in [-0.3, -0.25) is 18.6 Å². The van der Waals surface area contributed by atoms with Crippen molar-refractivity contribution in [1.82, 2.24) is 5.32 Å². The van der Waals surface area contributed by atoms with Gasteiger partial charge in [-0.1, -0.05) is 241 Å². The van der Waals surface area contributed by atoms with E-state index in [2.05, 4.69) is 92.1 Å². The molecule has 0 aliphatic heterocycles. The number of carboxylic acid groups (broad SMARTS) is 1. The number of allylic oxidation sites excluding steroid dienone is 12. The van der Waals surface area contributed by atoms with E-state index in [1.165, 1.54) is 122 Å². The second kappa shape index (κ2) is 52.2. The van der Waals surface area contributed by atoms with E-state index in [4.69, 9.17) is 13.8 Å². The maximum atomic E-state index is 12.4. The zero-order valence-electron chi connectivity index (χ0n) is 44.3. The molecular formula is C58H102NO10P. The Labute approximate surface area is 427 Å². The molecule has 0 saturated carbocycles. The first-order valence-corrected chi connectivity index (χ1v) is 29.5. The van der Waals surface area contributed by atoms with Crippen molar-refractivity contribution in [1.29, 1.82) is 0 Å². The fraction of sp³-hybridized carbons (Fsp3) is 0.741. The van der Waals surface area contributed by atoms with Crippen LogP contribution in [0.1, 0.15) is 245 Å². The number of esters is 1. The number of hydrogen-bond donors (Lipinski definition) is 4. The first-order chi connectivity index (χ1) is 34.1. The van der Waals surface area contributed by atoms with Crippen LogP contribution in [0, 0.1) is 0 Å². The fourth-order valence-corrected chi connectivity index (χ4v) is 8.51. The number of rotatable bonds is 52. The normalized spacial score (nSPS) is 14.0. The summed E-state index contributed by atoms with van der Waals surface area (Å²) in [7, 11) is -4.77. The van der Waals surface area contributed by atoms with Crippen LogP contribution < -0.4 is 5.32 Å². The van der Waals surface area contributed by atoms with Crippen LogP contribution in [0.4, 0.5) is 0 Å². The molecule has 0 fully saturated rings. The molecular weight excluding hydrogens is 902 g/mol. The minimum absolute atomic E-state index is 0.145. The molecule has 3 atom stereocenters. The van der Waals surface area contributed by atoms with Crippen LogP contribution in [0.2, 0.25) is 0 Å². The van der Waals surface area contributed by atoms with Crippen LogP contribution >= 0.6 is 7.82 Å². The number of aliphatic hydroxyl groups is 1. The summed E-state index contributed by atoms with van der Waals surface area (Å²) in [6, 6.07) is -1.55. The second-order valence-electron chi connectivity index (χ2n) is 18.8. The highest BCUT2D eigenvalue weighted by atomic mass is 31.2. The number of ether oxygens (including phenoxy) is 1. The third-order valence-corrected chi connectivity index (χ3v) is 13.0. The number of hydrogen-bond acceptors (Lipinski definition) is 8. The van der Waals surface area contributed by atoms with Gasteiger partial charge in [-0.2, -0.15) is 0 Å². The van der Waals surface area contributed by atoms with E-state index in [0.717, 1.165) is 83.5 Å². The molecule has 0 aromatic rings. The Bertz CT molecular complexity index is 1460. The van der Waals surface area contributed by atoms with Crippen LogP contribution in [-0.4, -0.2) is 64.9 Å². The largest absolute Gasteiger partial charge is 0.480 e. The standard InChI is InChI=1S/C58H102NO10P/c1-3-5-7-9-11-13-15-17-19-21-23-25-27-29-31-33-35-37-39-41-43-45-47-49-56(61)59-55(58(63)64)53-69-70(65,66)68-52-54(60)51-67-57(62)50-48-46-44-42-40-38-36-34-32-30-28-26-24-22-20-18-16-14-12-10-8-6-4-2/h6,8,12,14,18,20,24,26,30,32,36,38,54-55,60H,3-5,7,9-11,13,15-17,19,21-23,25,27-29,31,33-35,37,39-53H2,1-2H3,(H,59,61)(H,63,64)(H,65,66)/b8-6-,14-12-,20-18-,26-24-,32-30-,38-36-. The number of carbonyl (C=O) groups excluding carboxylic acids is 2. The van der Waals surface area contributed by atoms with Gasteiger partial charge in [0, 0.05) is 12.8 Å². The van der Waals surface area contributed by atoms with Crippen molar-refractivity contribution in [3.8, 4) is 0 Å². The zero-order valence-corrected chi connectivity index (χ0v) is 45.2. The van der Waals surface area contributed by atoms with Crippen LogP contribution in [0.5, 0.6) is 0 Å². The minimum atomic E-state index is -4.77. The molecule has 12 heteroatoms. The van der Waals surface area contributed by atoms with Crippen LogP contribution in [0.3, 0.4) is 0 Å². The summed E-state index contributed by atoms with van der Waals surface area (Å²) < 4.78 is 27.0. The number of phosphoric ester groups is 1. The molecule has 11 nitrogen and oxygen atoms in total. The summed E-state index contributed by atoms with van der Waals surface area (Å²) in [5.41, 5.74) is 0. The summed E-state index contributed by atoms with van der Waals surface area (Å²) in [6.45, 7) is 2.49. The molecule has 0 rings (SSSR count). The molecule has 0 aliphatic rings. The predicted molar refractivity (Wildman–Crippen MR) is 291 cm³/mol. The Hall–Kier alpha value is -3.08. The van der Waals surface area contributed by atoms with Gasteiger partial charge in [-0.25, -0.2) is 9.36 Å². The number of aliphatic hydroxyl groups excluding tert-OH is 1. The molecule has 0 aliphatic carbocycles. The number of nitrogens with one attached hydrogen (secondary N) is 1. The third-order valence-electron chi connectivity index (χ3n) is 12.0. The van der Waals surface area contributed by atoms with Crippen molar-refractivity contribution >= 4 is 25.7 Å². The smallest absolute Gasteiger partial charge is 0.472 e. The Morgan fingerprint density at radius 2 is 0.829 bits per heavy atom. The predicted octanol–water partition coefficient (Wildman–Crippen LogP) is 16.0. The lowest BCUT2D eigenvalue weighted by Gasteiger charge is -2.18. The van der Waals surface area contributed by atoms with Crippen molar-refractivity contribution in [3.63, 3.8) is 0 Å². The van der Waals surface area contributed by atoms with Crippen LogP contribution in [-0.2, 0) is 32.7 Å². The molecule has 0 aromatic heterocycles. The SMILES string of the molecule is CC/C=C\C/C=C\C/C=C\C/C=C\C/C=C\C/C=C\CCCCCCC(=O)OCC(O)COP(=O)(O)OCC(NC(=O)CCCCCCCCCCCCCCCCCCCCCCCCC)C(=O)O. The molecule has 0 bridgehead atoms. The van der Waals surface area contributed by atoms with Gasteiger partial charge < -0.3 is 25.2 Å². The molecule has 3 unspecified atom stereocenters. The molecule has 0 heterocycles. The summed E-state index contributed by atoms with van der Waals surface area (Å²) in [4.78, 5) is 46.2. The van der Waals surface area contributed by atoms with Crippen LogP contribution in [0.25, 0.3) is 0 Å². The van der Waals surface area contributed by atoms with Gasteiger partial charge in [0.05, 0.1) is 13.2 Å². The van der Waals surface area contributed by atoms with Gasteiger partial charge in [-0.05, 0) is 64.2 Å². The first-order valence-electron chi connectivity index (χ1n) is 28.0. The molecule has 4 N–H and O–H groups in total. The number of amides is 1. The lowest BCUT2D eigenvalue weighted by molar-refractivity contribution is -0.147. The second-order valence-corrected chi connectivity index (χ2v) is 20.2. The number of phosphoric acid groups is 1. The monoisotopic (exact) mass is 1000 g/mol. The quantitative estimate of drug-likeness (QED) is 0.0199. The molecule has 70 heavy (non-hydrogen) atoms. The summed E-state index contributed by atoms with van der Waals surface area (Å²) in [6.07, 6.45) is 65.0. The molecule has 0 radical (unpaired) electrons. The lowest BCUT2D eigenvalue weighted by atomic mass is 10.0. The van der Waals surface area contributed by atoms with E-state index < -0.39 is 57.6 Å². The van der Waals surface area contributed by atoms with Gasteiger partial charge in [0.15, 0.2) is 6.04 Å². The van der Waals surface area contributed by atoms with Crippen LogP contribution in [0.15, 0.2) is 72.9 Å². The lowest BCUT2D eigenvalue weighted by Crippen LogP contribution is -2.43. The van der Waals surface area contributed by atoms with Gasteiger partial charge in [-0.15, -0.1) is 0 Å². The maximum absolute atomic E-state index is 12.4. The number of carbonyl (C=O) groups is 3. The summed E-state index contributed by atoms with van der Waals surface area (Å²) in [5, 5.41) is 22.0. The van der Waals surface area contributed by atoms with Gasteiger partial charge >= 0.3 is 19.8 Å². The number of unbranched alkanes of at least 4 members (excludes halogenated alkanes) is 26. The van der Waals surface area contributed by atoms with E-state index in [1.807, 2.05) is 0 Å². The van der Waals surface area contributed by atoms with Crippen molar-refractivity contribution in [2.45, 2.75) is 257 Å². The number of carboxylic acids is 1. The molecule has 0 aromatic carbocycles. The average molecular weight is 1000 g/mol. The van der Waals surface area contributed by atoms with Gasteiger partial charge in [0.2, 0.25) is 5.91 Å². The van der Waals surface area contributed by atoms with E-state index in [9.17, 15) is 34.1 Å². The van der Waals surface area contributed by atoms with Crippen molar-refractivity contribution in [2.75, 3.05) is 19.8 Å². The van der Waals surface area contributed by atoms with E-state index in [1.54, 1.807) is 0 Å². The maximum Gasteiger partial charge on any atom is 0.472 e. The molecule has 404 valence electrons. The molecule has 0 saturated heterocycles. The van der Waals surface area contributed by atoms with Crippen molar-refractivity contribution < 1.29 is 47.8 Å². The topological polar surface area (TPSA) is 169 Å². The van der Waals surface area contributed by atoms with Crippen molar-refractivity contribution in [3.05, 3.63) is 72.9 Å². The average Bonchev–Trinajstić information content (AvgIpc) is 3.34. The van der Waals surface area contributed by atoms with Gasteiger partial charge in [0.1, 0.15) is 12.7 Å². The summed E-state index contributed by atoms with van der Waals surface area (Å²) in [5.74, 6) is -2.39. The van der Waals surface area contributed by atoms with E-state index in [0.29, 0.717) is 12.8 Å². The van der Waals surface area contributed by atoms with E-state index >= 15 is 0 Å². The Morgan fingerprint density at radius 3 is 1.24 bits per heavy atom. The number of aliphatic carboxylic acids is 1. The molecule has 1 amide bonds. The Morgan fingerprint density at radius 1 is 0.471 bits per heavy atom. The molecule has 0 spiro atoms. The first kappa shape index (κ1) is 66.9. The third kappa shape index (κ3) is 51.3. The minimum Gasteiger partial charge on any atom is -0.480 e. The highest BCUT2D eigenvalue weighted by Crippen LogP contribution is 2.43. The fourth-order valence-electron chi connectivity index (χ4n) is 7.73.